The van der Waals surface area contributed by atoms with Crippen LogP contribution < -0.4 is 0 Å². The Kier molecular flexibility index (Phi) is 5.04. The van der Waals surface area contributed by atoms with E-state index in [1.54, 1.807) is 12.1 Å². The SMILES string of the molecule is O=C(O)c1cccc(CN2C(=O)S/C(=C\c3cccc([N+](=O)[O-])c3)C2=O)c1. The van der Waals surface area contributed by atoms with Gasteiger partial charge in [0.1, 0.15) is 0 Å². The Balaban J connectivity index is 1.83. The monoisotopic (exact) mass is 384 g/mol. The van der Waals surface area contributed by atoms with Gasteiger partial charge in [-0.05, 0) is 41.1 Å². The Bertz CT molecular complexity index is 1000. The number of nitro groups is 1. The van der Waals surface area contributed by atoms with E-state index >= 15 is 0 Å². The Morgan fingerprint density at radius 1 is 1.19 bits per heavy atom. The van der Waals surface area contributed by atoms with Crippen LogP contribution in [0.15, 0.2) is 53.4 Å². The molecule has 2 amide bonds. The van der Waals surface area contributed by atoms with Crippen molar-refractivity contribution in [1.82, 2.24) is 4.90 Å². The van der Waals surface area contributed by atoms with Crippen molar-refractivity contribution in [3.8, 4) is 0 Å². The lowest BCUT2D eigenvalue weighted by Gasteiger charge is -2.12. The predicted molar refractivity (Wildman–Crippen MR) is 98.0 cm³/mol. The molecule has 1 N–H and O–H groups in total. The molecule has 1 fully saturated rings. The number of nitro benzene ring substituents is 1. The van der Waals surface area contributed by atoms with E-state index < -0.39 is 22.0 Å². The second-order valence-electron chi connectivity index (χ2n) is 5.63. The number of thioether (sulfide) groups is 1. The van der Waals surface area contributed by atoms with Gasteiger partial charge in [0.25, 0.3) is 16.8 Å². The lowest BCUT2D eigenvalue weighted by molar-refractivity contribution is -0.384. The largest absolute Gasteiger partial charge is 0.478 e. The fourth-order valence-electron chi connectivity index (χ4n) is 2.50. The van der Waals surface area contributed by atoms with Crippen molar-refractivity contribution in [2.24, 2.45) is 0 Å². The first-order valence-electron chi connectivity index (χ1n) is 7.67. The van der Waals surface area contributed by atoms with Gasteiger partial charge in [-0.25, -0.2) is 4.79 Å². The number of non-ortho nitro benzene ring substituents is 1. The molecule has 0 aromatic heterocycles. The zero-order valence-electron chi connectivity index (χ0n) is 13.7. The highest BCUT2D eigenvalue weighted by atomic mass is 32.2. The quantitative estimate of drug-likeness (QED) is 0.476. The van der Waals surface area contributed by atoms with Crippen LogP contribution in [0, 0.1) is 10.1 Å². The van der Waals surface area contributed by atoms with Gasteiger partial charge in [-0.1, -0.05) is 24.3 Å². The molecule has 9 heteroatoms. The molecule has 27 heavy (non-hydrogen) atoms. The third kappa shape index (κ3) is 4.04. The topological polar surface area (TPSA) is 118 Å². The van der Waals surface area contributed by atoms with E-state index in [9.17, 15) is 24.5 Å². The molecule has 0 radical (unpaired) electrons. The second kappa shape index (κ2) is 7.42. The minimum absolute atomic E-state index is 0.0575. The first kappa shape index (κ1) is 18.3. The highest BCUT2D eigenvalue weighted by Crippen LogP contribution is 2.33. The average Bonchev–Trinajstić information content (AvgIpc) is 2.89. The van der Waals surface area contributed by atoms with Crippen molar-refractivity contribution in [3.05, 3.63) is 80.2 Å². The fraction of sp³-hybridized carbons (Fsp3) is 0.0556. The molecule has 0 unspecified atom stereocenters. The molecule has 2 aromatic rings. The molecule has 1 saturated heterocycles. The van der Waals surface area contributed by atoms with E-state index in [0.717, 1.165) is 16.7 Å². The molecule has 136 valence electrons. The number of aromatic carboxylic acids is 1. The normalized spacial score (nSPS) is 15.4. The Morgan fingerprint density at radius 2 is 1.93 bits per heavy atom. The van der Waals surface area contributed by atoms with Crippen molar-refractivity contribution in [2.75, 3.05) is 0 Å². The van der Waals surface area contributed by atoms with E-state index in [1.807, 2.05) is 0 Å². The van der Waals surface area contributed by atoms with Gasteiger partial charge in [0.15, 0.2) is 0 Å². The summed E-state index contributed by atoms with van der Waals surface area (Å²) in [7, 11) is 0. The van der Waals surface area contributed by atoms with Gasteiger partial charge in [-0.3, -0.25) is 24.6 Å². The highest BCUT2D eigenvalue weighted by Gasteiger charge is 2.35. The standard InChI is InChI=1S/C18H12N2O6S/c21-16-15(9-11-3-2-6-14(8-11)20(25)26)27-18(24)19(16)10-12-4-1-5-13(7-12)17(22)23/h1-9H,10H2,(H,22,23)/b15-9-. The summed E-state index contributed by atoms with van der Waals surface area (Å²) in [6, 6.07) is 11.7. The first-order chi connectivity index (χ1) is 12.8. The molecule has 2 aromatic carbocycles. The summed E-state index contributed by atoms with van der Waals surface area (Å²) in [4.78, 5) is 47.2. The molecule has 0 bridgehead atoms. The number of benzene rings is 2. The number of carbonyl (C=O) groups excluding carboxylic acids is 2. The number of carboxylic acid groups (broad SMARTS) is 1. The molecule has 0 spiro atoms. The zero-order valence-corrected chi connectivity index (χ0v) is 14.5. The fourth-order valence-corrected chi connectivity index (χ4v) is 3.34. The Hall–Kier alpha value is -3.46. The van der Waals surface area contributed by atoms with E-state index in [2.05, 4.69) is 0 Å². The van der Waals surface area contributed by atoms with Crippen LogP contribution in [0.4, 0.5) is 10.5 Å². The molecule has 1 aliphatic heterocycles. The Labute approximate surface area is 157 Å². The predicted octanol–water partition coefficient (Wildman–Crippen LogP) is 3.53. The number of rotatable bonds is 5. The lowest BCUT2D eigenvalue weighted by Crippen LogP contribution is -2.27. The summed E-state index contributed by atoms with van der Waals surface area (Å²) in [5, 5.41) is 19.4. The molecule has 0 aliphatic carbocycles. The van der Waals surface area contributed by atoms with Crippen molar-refractivity contribution in [3.63, 3.8) is 0 Å². The number of imide groups is 1. The van der Waals surface area contributed by atoms with E-state index in [1.165, 1.54) is 42.5 Å². The van der Waals surface area contributed by atoms with Crippen LogP contribution >= 0.6 is 11.8 Å². The summed E-state index contributed by atoms with van der Waals surface area (Å²) in [6.45, 7) is -0.0575. The molecular weight excluding hydrogens is 372 g/mol. The summed E-state index contributed by atoms with van der Waals surface area (Å²) < 4.78 is 0. The molecular formula is C18H12N2O6S. The van der Waals surface area contributed by atoms with E-state index in [4.69, 9.17) is 5.11 Å². The molecule has 1 aliphatic rings. The number of amides is 2. The molecule has 3 rings (SSSR count). The zero-order chi connectivity index (χ0) is 19.6. The summed E-state index contributed by atoms with van der Waals surface area (Å²) in [5.74, 6) is -1.63. The van der Waals surface area contributed by atoms with Gasteiger partial charge in [0, 0.05) is 12.1 Å². The molecule has 0 atom stereocenters. The van der Waals surface area contributed by atoms with Crippen molar-refractivity contribution in [2.45, 2.75) is 6.54 Å². The highest BCUT2D eigenvalue weighted by molar-refractivity contribution is 8.18. The van der Waals surface area contributed by atoms with Crippen LogP contribution in [0.3, 0.4) is 0 Å². The number of hydrogen-bond acceptors (Lipinski definition) is 6. The minimum Gasteiger partial charge on any atom is -0.478 e. The van der Waals surface area contributed by atoms with Crippen LogP contribution in [-0.2, 0) is 11.3 Å². The third-order valence-electron chi connectivity index (χ3n) is 3.77. The van der Waals surface area contributed by atoms with Crippen LogP contribution in [0.2, 0.25) is 0 Å². The van der Waals surface area contributed by atoms with Gasteiger partial charge in [0.05, 0.1) is 21.9 Å². The van der Waals surface area contributed by atoms with Crippen LogP contribution in [-0.4, -0.2) is 32.0 Å². The minimum atomic E-state index is -1.10. The molecule has 8 nitrogen and oxygen atoms in total. The van der Waals surface area contributed by atoms with Crippen molar-refractivity contribution in [1.29, 1.82) is 0 Å². The number of nitrogens with zero attached hydrogens (tertiary/aromatic N) is 2. The van der Waals surface area contributed by atoms with Gasteiger partial charge in [-0.15, -0.1) is 0 Å². The van der Waals surface area contributed by atoms with Crippen molar-refractivity contribution >= 4 is 40.6 Å². The maximum absolute atomic E-state index is 12.5. The van der Waals surface area contributed by atoms with E-state index in [-0.39, 0.29) is 22.7 Å². The van der Waals surface area contributed by atoms with E-state index in [0.29, 0.717) is 11.1 Å². The number of carbonyl (C=O) groups is 3. The first-order valence-corrected chi connectivity index (χ1v) is 8.49. The van der Waals surface area contributed by atoms with Gasteiger partial charge < -0.3 is 5.11 Å². The molecule has 0 saturated carbocycles. The van der Waals surface area contributed by atoms with Gasteiger partial charge in [0.2, 0.25) is 0 Å². The number of carboxylic acids is 1. The van der Waals surface area contributed by atoms with Gasteiger partial charge >= 0.3 is 5.97 Å². The summed E-state index contributed by atoms with van der Waals surface area (Å²) in [5.41, 5.74) is 0.886. The van der Waals surface area contributed by atoms with Crippen LogP contribution in [0.25, 0.3) is 6.08 Å². The van der Waals surface area contributed by atoms with Gasteiger partial charge in [-0.2, -0.15) is 0 Å². The maximum atomic E-state index is 12.5. The molecule has 1 heterocycles. The van der Waals surface area contributed by atoms with Crippen molar-refractivity contribution < 1.29 is 24.4 Å². The van der Waals surface area contributed by atoms with Crippen LogP contribution in [0.5, 0.6) is 0 Å². The summed E-state index contributed by atoms with van der Waals surface area (Å²) >= 11 is 0.733. The summed E-state index contributed by atoms with van der Waals surface area (Å²) in [6.07, 6.45) is 1.42. The smallest absolute Gasteiger partial charge is 0.335 e. The second-order valence-corrected chi connectivity index (χ2v) is 6.62. The number of hydrogen-bond donors (Lipinski definition) is 1. The van der Waals surface area contributed by atoms with Crippen LogP contribution in [0.1, 0.15) is 21.5 Å². The average molecular weight is 384 g/mol. The maximum Gasteiger partial charge on any atom is 0.335 e. The Morgan fingerprint density at radius 3 is 2.63 bits per heavy atom. The third-order valence-corrected chi connectivity index (χ3v) is 4.67. The lowest BCUT2D eigenvalue weighted by atomic mass is 10.1.